The van der Waals surface area contributed by atoms with Crippen molar-refractivity contribution >= 4 is 11.8 Å². The van der Waals surface area contributed by atoms with Crippen molar-refractivity contribution in [1.82, 2.24) is 24.9 Å². The SMILES string of the molecule is CCN(CC)C(=O)C[C@@H]1OC[C@@H]2[C@H]1[C@H](CC(=O)NC1CC1)CN2Cc1cnn(C)c1. The van der Waals surface area contributed by atoms with Gasteiger partial charge in [-0.1, -0.05) is 0 Å². The summed E-state index contributed by atoms with van der Waals surface area (Å²) in [5.74, 6) is 0.719. The van der Waals surface area contributed by atoms with E-state index in [1.807, 2.05) is 42.9 Å². The van der Waals surface area contributed by atoms with Gasteiger partial charge >= 0.3 is 0 Å². The van der Waals surface area contributed by atoms with Crippen LogP contribution in [0.4, 0.5) is 0 Å². The zero-order valence-corrected chi connectivity index (χ0v) is 18.4. The molecule has 166 valence electrons. The third-order valence-corrected chi connectivity index (χ3v) is 6.86. The topological polar surface area (TPSA) is 79.7 Å². The fraction of sp³-hybridized carbons (Fsp3) is 0.773. The van der Waals surface area contributed by atoms with Crippen LogP contribution < -0.4 is 5.32 Å². The predicted molar refractivity (Wildman–Crippen MR) is 112 cm³/mol. The van der Waals surface area contributed by atoms with E-state index in [9.17, 15) is 9.59 Å². The second kappa shape index (κ2) is 9.06. The van der Waals surface area contributed by atoms with Gasteiger partial charge in [0.2, 0.25) is 11.8 Å². The molecule has 0 aromatic carbocycles. The maximum atomic E-state index is 12.7. The Bertz CT molecular complexity index is 758. The number of aryl methyl sites for hydroxylation is 1. The first-order chi connectivity index (χ1) is 14.5. The summed E-state index contributed by atoms with van der Waals surface area (Å²) in [5, 5.41) is 7.42. The molecule has 3 aliphatic rings. The van der Waals surface area contributed by atoms with Crippen molar-refractivity contribution in [3.8, 4) is 0 Å². The van der Waals surface area contributed by atoms with Gasteiger partial charge in [-0.25, -0.2) is 0 Å². The molecule has 3 fully saturated rings. The van der Waals surface area contributed by atoms with Gasteiger partial charge in [-0.05, 0) is 32.6 Å². The van der Waals surface area contributed by atoms with E-state index in [4.69, 9.17) is 4.74 Å². The molecule has 2 amide bonds. The summed E-state index contributed by atoms with van der Waals surface area (Å²) in [4.78, 5) is 29.6. The Labute approximate surface area is 178 Å². The number of carbonyl (C=O) groups is 2. The smallest absolute Gasteiger partial charge is 0.225 e. The predicted octanol–water partition coefficient (Wildman–Crippen LogP) is 1.16. The molecule has 1 saturated carbocycles. The summed E-state index contributed by atoms with van der Waals surface area (Å²) in [6.07, 6.45) is 6.95. The lowest BCUT2D eigenvalue weighted by Gasteiger charge is -2.26. The van der Waals surface area contributed by atoms with E-state index in [0.717, 1.165) is 39.0 Å². The number of ether oxygens (including phenoxy) is 1. The maximum Gasteiger partial charge on any atom is 0.225 e. The van der Waals surface area contributed by atoms with Crippen LogP contribution in [0.15, 0.2) is 12.4 Å². The zero-order chi connectivity index (χ0) is 21.3. The fourth-order valence-electron chi connectivity index (χ4n) is 5.21. The van der Waals surface area contributed by atoms with Gasteiger partial charge < -0.3 is 15.0 Å². The number of hydrogen-bond acceptors (Lipinski definition) is 5. The van der Waals surface area contributed by atoms with Crippen LogP contribution in [0.5, 0.6) is 0 Å². The molecule has 0 radical (unpaired) electrons. The summed E-state index contributed by atoms with van der Waals surface area (Å²) in [6, 6.07) is 0.625. The summed E-state index contributed by atoms with van der Waals surface area (Å²) < 4.78 is 7.99. The van der Waals surface area contributed by atoms with E-state index in [2.05, 4.69) is 15.3 Å². The highest BCUT2D eigenvalue weighted by Gasteiger charge is 2.51. The quantitative estimate of drug-likeness (QED) is 0.652. The van der Waals surface area contributed by atoms with Crippen LogP contribution in [0.3, 0.4) is 0 Å². The Morgan fingerprint density at radius 2 is 2.03 bits per heavy atom. The molecular formula is C22H35N5O3. The Morgan fingerprint density at radius 1 is 1.27 bits per heavy atom. The average Bonchev–Trinajstić information content (AvgIpc) is 3.12. The highest BCUT2D eigenvalue weighted by Crippen LogP contribution is 2.42. The Kier molecular flexibility index (Phi) is 6.43. The minimum absolute atomic E-state index is 0.110. The van der Waals surface area contributed by atoms with Gasteiger partial charge in [0.05, 0.1) is 25.3 Å². The van der Waals surface area contributed by atoms with Crippen LogP contribution in [0.1, 0.15) is 45.1 Å². The highest BCUT2D eigenvalue weighted by molar-refractivity contribution is 5.77. The number of nitrogens with zero attached hydrogens (tertiary/aromatic N) is 4. The summed E-state index contributed by atoms with van der Waals surface area (Å²) in [7, 11) is 1.93. The molecule has 2 aliphatic heterocycles. The van der Waals surface area contributed by atoms with Crippen LogP contribution in [0, 0.1) is 11.8 Å². The van der Waals surface area contributed by atoms with Crippen molar-refractivity contribution in [3.63, 3.8) is 0 Å². The van der Waals surface area contributed by atoms with Crippen molar-refractivity contribution < 1.29 is 14.3 Å². The van der Waals surface area contributed by atoms with E-state index < -0.39 is 0 Å². The normalized spacial score (nSPS) is 28.5. The van der Waals surface area contributed by atoms with Gasteiger partial charge in [0.25, 0.3) is 0 Å². The third-order valence-electron chi connectivity index (χ3n) is 6.86. The lowest BCUT2D eigenvalue weighted by Crippen LogP contribution is -2.37. The first-order valence-corrected chi connectivity index (χ1v) is 11.4. The van der Waals surface area contributed by atoms with Crippen LogP contribution in [0.2, 0.25) is 0 Å². The second-order valence-corrected chi connectivity index (χ2v) is 9.04. The van der Waals surface area contributed by atoms with Crippen molar-refractivity contribution in [1.29, 1.82) is 0 Å². The van der Waals surface area contributed by atoms with Gasteiger partial charge in [0.15, 0.2) is 0 Å². The lowest BCUT2D eigenvalue weighted by atomic mass is 9.84. The highest BCUT2D eigenvalue weighted by atomic mass is 16.5. The van der Waals surface area contributed by atoms with E-state index in [1.54, 1.807) is 0 Å². The number of rotatable bonds is 9. The fourth-order valence-corrected chi connectivity index (χ4v) is 5.21. The number of carbonyl (C=O) groups excluding carboxylic acids is 2. The molecule has 3 heterocycles. The van der Waals surface area contributed by atoms with E-state index >= 15 is 0 Å². The number of nitrogens with one attached hydrogen (secondary N) is 1. The Hall–Kier alpha value is -1.93. The zero-order valence-electron chi connectivity index (χ0n) is 18.4. The van der Waals surface area contributed by atoms with Gasteiger partial charge in [0, 0.05) is 69.4 Å². The number of amides is 2. The minimum Gasteiger partial charge on any atom is -0.376 e. The molecule has 0 bridgehead atoms. The van der Waals surface area contributed by atoms with Crippen molar-refractivity contribution in [2.24, 2.45) is 18.9 Å². The largest absolute Gasteiger partial charge is 0.376 e. The minimum atomic E-state index is -0.110. The van der Waals surface area contributed by atoms with Crippen molar-refractivity contribution in [2.45, 2.75) is 64.3 Å². The molecule has 4 atom stereocenters. The second-order valence-electron chi connectivity index (χ2n) is 9.04. The summed E-state index contributed by atoms with van der Waals surface area (Å²) in [6.45, 7) is 7.75. The van der Waals surface area contributed by atoms with E-state index in [1.165, 1.54) is 5.56 Å². The molecule has 8 nitrogen and oxygen atoms in total. The van der Waals surface area contributed by atoms with Crippen molar-refractivity contribution in [2.75, 3.05) is 26.2 Å². The number of fused-ring (bicyclic) bond motifs is 1. The molecule has 0 unspecified atom stereocenters. The van der Waals surface area contributed by atoms with Gasteiger partial charge in [-0.15, -0.1) is 0 Å². The van der Waals surface area contributed by atoms with Gasteiger partial charge in [-0.2, -0.15) is 5.10 Å². The van der Waals surface area contributed by atoms with Crippen LogP contribution in [0.25, 0.3) is 0 Å². The molecular weight excluding hydrogens is 382 g/mol. The van der Waals surface area contributed by atoms with Gasteiger partial charge in [0.1, 0.15) is 0 Å². The molecule has 1 aromatic rings. The third kappa shape index (κ3) is 4.70. The number of aromatic nitrogens is 2. The van der Waals surface area contributed by atoms with Crippen LogP contribution in [-0.4, -0.2) is 75.8 Å². The van der Waals surface area contributed by atoms with Crippen LogP contribution in [-0.2, 0) is 27.9 Å². The first-order valence-electron chi connectivity index (χ1n) is 11.4. The Morgan fingerprint density at radius 3 is 2.67 bits per heavy atom. The lowest BCUT2D eigenvalue weighted by molar-refractivity contribution is -0.133. The van der Waals surface area contributed by atoms with Crippen molar-refractivity contribution in [3.05, 3.63) is 18.0 Å². The van der Waals surface area contributed by atoms with E-state index in [-0.39, 0.29) is 35.8 Å². The molecule has 1 aromatic heterocycles. The van der Waals surface area contributed by atoms with Crippen LogP contribution >= 0.6 is 0 Å². The average molecular weight is 418 g/mol. The molecule has 2 saturated heterocycles. The molecule has 4 rings (SSSR count). The summed E-state index contributed by atoms with van der Waals surface area (Å²) >= 11 is 0. The van der Waals surface area contributed by atoms with E-state index in [0.29, 0.717) is 25.5 Å². The summed E-state index contributed by atoms with van der Waals surface area (Å²) in [5.41, 5.74) is 1.17. The number of hydrogen-bond donors (Lipinski definition) is 1. The maximum absolute atomic E-state index is 12.7. The first kappa shape index (κ1) is 21.3. The molecule has 0 spiro atoms. The van der Waals surface area contributed by atoms with Gasteiger partial charge in [-0.3, -0.25) is 19.2 Å². The standard InChI is InChI=1S/C22H35N5O3/c1-4-26(5-2)21(29)9-19-22-16(8-20(28)24-17-6-7-17)13-27(18(22)14-30-19)12-15-10-23-25(3)11-15/h10-11,16-19,22H,4-9,12-14H2,1-3H3,(H,24,28)/t16-,18-,19+,22-/m1/s1. The monoisotopic (exact) mass is 417 g/mol. The number of likely N-dealkylation sites (tertiary alicyclic amines) is 1. The molecule has 1 N–H and O–H groups in total. The molecule has 8 heteroatoms. The Balaban J connectivity index is 1.46. The molecule has 1 aliphatic carbocycles. The molecule has 30 heavy (non-hydrogen) atoms.